The highest BCUT2D eigenvalue weighted by Crippen LogP contribution is 2.22. The Labute approximate surface area is 164 Å². The van der Waals surface area contributed by atoms with Crippen LogP contribution >= 0.6 is 0 Å². The minimum atomic E-state index is -0.306. The SMILES string of the molecule is O=C(CCc1ccccc1)NCc1ccc(C(=O)Nc2ccccc2O)cc1. The molecule has 3 aromatic rings. The average Bonchev–Trinajstić information content (AvgIpc) is 2.73. The highest BCUT2D eigenvalue weighted by Gasteiger charge is 2.09. The van der Waals surface area contributed by atoms with E-state index in [-0.39, 0.29) is 17.6 Å². The molecule has 0 aromatic heterocycles. The van der Waals surface area contributed by atoms with Crippen molar-refractivity contribution in [1.29, 1.82) is 0 Å². The van der Waals surface area contributed by atoms with E-state index >= 15 is 0 Å². The molecule has 0 radical (unpaired) electrons. The maximum atomic E-state index is 12.3. The summed E-state index contributed by atoms with van der Waals surface area (Å²) in [6.45, 7) is 0.412. The van der Waals surface area contributed by atoms with E-state index in [4.69, 9.17) is 0 Å². The van der Waals surface area contributed by atoms with Crippen LogP contribution in [0.2, 0.25) is 0 Å². The van der Waals surface area contributed by atoms with Gasteiger partial charge in [-0.2, -0.15) is 0 Å². The molecule has 0 aliphatic heterocycles. The zero-order valence-corrected chi connectivity index (χ0v) is 15.4. The van der Waals surface area contributed by atoms with Gasteiger partial charge in [0.15, 0.2) is 0 Å². The molecule has 3 rings (SSSR count). The lowest BCUT2D eigenvalue weighted by atomic mass is 10.1. The second-order valence-corrected chi connectivity index (χ2v) is 6.43. The van der Waals surface area contributed by atoms with Gasteiger partial charge in [-0.25, -0.2) is 0 Å². The van der Waals surface area contributed by atoms with Crippen molar-refractivity contribution in [2.24, 2.45) is 0 Å². The molecular weight excluding hydrogens is 352 g/mol. The number of benzene rings is 3. The molecule has 0 aliphatic rings. The Kier molecular flexibility index (Phi) is 6.41. The molecule has 0 aliphatic carbocycles. The summed E-state index contributed by atoms with van der Waals surface area (Å²) in [5.74, 6) is -0.296. The molecule has 0 saturated heterocycles. The molecule has 5 heteroatoms. The molecule has 2 amide bonds. The molecule has 142 valence electrons. The number of anilines is 1. The summed E-state index contributed by atoms with van der Waals surface area (Å²) in [6, 6.07) is 23.5. The quantitative estimate of drug-likeness (QED) is 0.549. The third kappa shape index (κ3) is 5.45. The van der Waals surface area contributed by atoms with Gasteiger partial charge in [0.2, 0.25) is 5.91 Å². The molecule has 0 heterocycles. The highest BCUT2D eigenvalue weighted by atomic mass is 16.3. The predicted octanol–water partition coefficient (Wildman–Crippen LogP) is 3.89. The highest BCUT2D eigenvalue weighted by molar-refractivity contribution is 6.05. The monoisotopic (exact) mass is 374 g/mol. The number of phenols is 1. The van der Waals surface area contributed by atoms with Crippen molar-refractivity contribution < 1.29 is 14.7 Å². The van der Waals surface area contributed by atoms with Crippen LogP contribution in [0.3, 0.4) is 0 Å². The number of carbonyl (C=O) groups excluding carboxylic acids is 2. The van der Waals surface area contributed by atoms with Crippen molar-refractivity contribution in [1.82, 2.24) is 5.32 Å². The van der Waals surface area contributed by atoms with Crippen molar-refractivity contribution in [3.05, 3.63) is 95.6 Å². The lowest BCUT2D eigenvalue weighted by molar-refractivity contribution is -0.121. The number of carbonyl (C=O) groups is 2. The summed E-state index contributed by atoms with van der Waals surface area (Å²) in [6.07, 6.45) is 1.14. The van der Waals surface area contributed by atoms with Gasteiger partial charge in [-0.1, -0.05) is 54.6 Å². The fourth-order valence-electron chi connectivity index (χ4n) is 2.74. The maximum absolute atomic E-state index is 12.3. The van der Waals surface area contributed by atoms with Crippen LogP contribution in [0.1, 0.15) is 27.9 Å². The third-order valence-corrected chi connectivity index (χ3v) is 4.34. The van der Waals surface area contributed by atoms with Crippen LogP contribution in [-0.2, 0) is 17.8 Å². The lowest BCUT2D eigenvalue weighted by Crippen LogP contribution is -2.23. The van der Waals surface area contributed by atoms with E-state index in [9.17, 15) is 14.7 Å². The minimum absolute atomic E-state index is 0.00905. The molecule has 0 unspecified atom stereocenters. The summed E-state index contributed by atoms with van der Waals surface area (Å²) in [5, 5.41) is 15.3. The Morgan fingerprint density at radius 1 is 0.786 bits per heavy atom. The van der Waals surface area contributed by atoms with Gasteiger partial charge >= 0.3 is 0 Å². The number of aryl methyl sites for hydroxylation is 1. The summed E-state index contributed by atoms with van der Waals surface area (Å²) in [4.78, 5) is 24.3. The first kappa shape index (κ1) is 19.2. The van der Waals surface area contributed by atoms with Gasteiger partial charge in [-0.3, -0.25) is 9.59 Å². The number of phenolic OH excluding ortho intramolecular Hbond substituents is 1. The van der Waals surface area contributed by atoms with E-state index in [1.807, 2.05) is 30.3 Å². The number of para-hydroxylation sites is 2. The predicted molar refractivity (Wildman–Crippen MR) is 109 cm³/mol. The molecule has 5 nitrogen and oxygen atoms in total. The van der Waals surface area contributed by atoms with Gasteiger partial charge in [0.25, 0.3) is 5.91 Å². The number of amides is 2. The van der Waals surface area contributed by atoms with Gasteiger partial charge in [0, 0.05) is 18.5 Å². The van der Waals surface area contributed by atoms with Crippen LogP contribution in [-0.4, -0.2) is 16.9 Å². The summed E-state index contributed by atoms with van der Waals surface area (Å²) in [5.41, 5.74) is 2.88. The summed E-state index contributed by atoms with van der Waals surface area (Å²) < 4.78 is 0. The van der Waals surface area contributed by atoms with Crippen molar-refractivity contribution in [3.8, 4) is 5.75 Å². The van der Waals surface area contributed by atoms with E-state index in [0.29, 0.717) is 30.6 Å². The van der Waals surface area contributed by atoms with Crippen LogP contribution in [0.4, 0.5) is 5.69 Å². The van der Waals surface area contributed by atoms with Crippen LogP contribution in [0.25, 0.3) is 0 Å². The Hall–Kier alpha value is -3.60. The van der Waals surface area contributed by atoms with Crippen LogP contribution in [0.15, 0.2) is 78.9 Å². The van der Waals surface area contributed by atoms with E-state index in [1.165, 1.54) is 6.07 Å². The molecule has 28 heavy (non-hydrogen) atoms. The van der Waals surface area contributed by atoms with Gasteiger partial charge in [-0.15, -0.1) is 0 Å². The molecule has 0 bridgehead atoms. The normalized spacial score (nSPS) is 10.3. The number of rotatable bonds is 7. The smallest absolute Gasteiger partial charge is 0.255 e. The largest absolute Gasteiger partial charge is 0.506 e. The summed E-state index contributed by atoms with van der Waals surface area (Å²) >= 11 is 0. The van der Waals surface area contributed by atoms with Gasteiger partial charge in [0.05, 0.1) is 5.69 Å². The van der Waals surface area contributed by atoms with E-state index < -0.39 is 0 Å². The second kappa shape index (κ2) is 9.37. The van der Waals surface area contributed by atoms with Gasteiger partial charge in [-0.05, 0) is 41.8 Å². The Balaban J connectivity index is 1.48. The van der Waals surface area contributed by atoms with E-state index in [0.717, 1.165) is 11.1 Å². The first-order valence-electron chi connectivity index (χ1n) is 9.11. The van der Waals surface area contributed by atoms with Gasteiger partial charge < -0.3 is 15.7 Å². The average molecular weight is 374 g/mol. The molecule has 3 aromatic carbocycles. The topological polar surface area (TPSA) is 78.4 Å². The zero-order chi connectivity index (χ0) is 19.8. The van der Waals surface area contributed by atoms with Crippen LogP contribution < -0.4 is 10.6 Å². The fourth-order valence-corrected chi connectivity index (χ4v) is 2.74. The van der Waals surface area contributed by atoms with E-state index in [1.54, 1.807) is 42.5 Å². The molecule has 0 saturated carbocycles. The number of hydrogen-bond donors (Lipinski definition) is 3. The Bertz CT molecular complexity index is 938. The fraction of sp³-hybridized carbons (Fsp3) is 0.130. The molecular formula is C23H22N2O3. The van der Waals surface area contributed by atoms with Gasteiger partial charge in [0.1, 0.15) is 5.75 Å². The lowest BCUT2D eigenvalue weighted by Gasteiger charge is -2.08. The molecule has 0 atom stereocenters. The standard InChI is InChI=1S/C23H22N2O3/c26-21-9-5-4-8-20(21)25-23(28)19-13-10-18(11-14-19)16-24-22(27)15-12-17-6-2-1-3-7-17/h1-11,13-14,26H,12,15-16H2,(H,24,27)(H,25,28). The Morgan fingerprint density at radius 3 is 2.18 bits per heavy atom. The zero-order valence-electron chi connectivity index (χ0n) is 15.4. The van der Waals surface area contributed by atoms with E-state index in [2.05, 4.69) is 10.6 Å². The van der Waals surface area contributed by atoms with Crippen molar-refractivity contribution in [2.45, 2.75) is 19.4 Å². The van der Waals surface area contributed by atoms with Crippen molar-refractivity contribution in [2.75, 3.05) is 5.32 Å². The molecule has 0 spiro atoms. The van der Waals surface area contributed by atoms with Crippen LogP contribution in [0, 0.1) is 0 Å². The van der Waals surface area contributed by atoms with Crippen molar-refractivity contribution >= 4 is 17.5 Å². The van der Waals surface area contributed by atoms with Crippen LogP contribution in [0.5, 0.6) is 5.75 Å². The molecule has 3 N–H and O–H groups in total. The minimum Gasteiger partial charge on any atom is -0.506 e. The maximum Gasteiger partial charge on any atom is 0.255 e. The van der Waals surface area contributed by atoms with Crippen molar-refractivity contribution in [3.63, 3.8) is 0 Å². The molecule has 0 fully saturated rings. The second-order valence-electron chi connectivity index (χ2n) is 6.43. The first-order chi connectivity index (χ1) is 13.6. The number of nitrogens with one attached hydrogen (secondary N) is 2. The Morgan fingerprint density at radius 2 is 1.46 bits per heavy atom. The number of hydrogen-bond acceptors (Lipinski definition) is 3. The summed E-state index contributed by atoms with van der Waals surface area (Å²) in [7, 11) is 0. The first-order valence-corrected chi connectivity index (χ1v) is 9.11. The third-order valence-electron chi connectivity index (χ3n) is 4.34. The number of aromatic hydroxyl groups is 1.